The van der Waals surface area contributed by atoms with Gasteiger partial charge in [0.1, 0.15) is 11.6 Å². The number of benzene rings is 4. The first-order chi connectivity index (χ1) is 20.2. The molecule has 0 saturated heterocycles. The van der Waals surface area contributed by atoms with Crippen LogP contribution < -0.4 is 19.1 Å². The molecule has 0 bridgehead atoms. The van der Waals surface area contributed by atoms with Gasteiger partial charge in [-0.1, -0.05) is 67.9 Å². The summed E-state index contributed by atoms with van der Waals surface area (Å²) in [6, 6.07) is 35.5. The van der Waals surface area contributed by atoms with Crippen molar-refractivity contribution in [1.82, 2.24) is 9.55 Å². The molecule has 0 atom stereocenters. The van der Waals surface area contributed by atoms with E-state index < -0.39 is 0 Å². The molecular formula is C35H35N3O3. The molecular weight excluding hydrogens is 510 g/mol. The van der Waals surface area contributed by atoms with E-state index in [9.17, 15) is 0 Å². The van der Waals surface area contributed by atoms with Gasteiger partial charge >= 0.3 is 0 Å². The fourth-order valence-electron chi connectivity index (χ4n) is 5.31. The van der Waals surface area contributed by atoms with Gasteiger partial charge in [0, 0.05) is 29.9 Å². The molecule has 1 aliphatic heterocycles. The maximum atomic E-state index is 5.69. The normalized spacial score (nSPS) is 12.0. The van der Waals surface area contributed by atoms with E-state index in [0.717, 1.165) is 70.5 Å². The summed E-state index contributed by atoms with van der Waals surface area (Å²) in [5, 5.41) is 0. The lowest BCUT2D eigenvalue weighted by Crippen LogP contribution is -2.24. The summed E-state index contributed by atoms with van der Waals surface area (Å²) in [7, 11) is 1.70. The van der Waals surface area contributed by atoms with Crippen molar-refractivity contribution in [2.75, 3.05) is 18.8 Å². The summed E-state index contributed by atoms with van der Waals surface area (Å²) in [4.78, 5) is 7.73. The largest absolute Gasteiger partial charge is 0.497 e. The zero-order valence-corrected chi connectivity index (χ0v) is 23.6. The number of unbranched alkanes of at least 4 members (excludes halogenated alkanes) is 1. The van der Waals surface area contributed by atoms with Gasteiger partial charge in [-0.3, -0.25) is 0 Å². The molecule has 1 aliphatic rings. The third-order valence-electron chi connectivity index (χ3n) is 7.48. The van der Waals surface area contributed by atoms with Gasteiger partial charge in [-0.05, 0) is 60.5 Å². The maximum absolute atomic E-state index is 5.69. The Morgan fingerprint density at radius 1 is 0.805 bits per heavy atom. The highest BCUT2D eigenvalue weighted by atomic mass is 16.7. The number of hydrogen-bond acceptors (Lipinski definition) is 5. The third-order valence-corrected chi connectivity index (χ3v) is 7.48. The van der Waals surface area contributed by atoms with Crippen LogP contribution in [0.15, 0.2) is 103 Å². The van der Waals surface area contributed by atoms with Crippen molar-refractivity contribution in [3.05, 3.63) is 114 Å². The number of anilines is 1. The average molecular weight is 546 g/mol. The second-order valence-corrected chi connectivity index (χ2v) is 10.2. The third kappa shape index (κ3) is 5.78. The van der Waals surface area contributed by atoms with E-state index in [1.807, 2.05) is 18.2 Å². The minimum absolute atomic E-state index is 0.269. The van der Waals surface area contributed by atoms with Crippen LogP contribution in [0, 0.1) is 0 Å². The molecule has 6 rings (SSSR count). The molecule has 0 amide bonds. The van der Waals surface area contributed by atoms with Gasteiger partial charge in [-0.2, -0.15) is 0 Å². The second-order valence-electron chi connectivity index (χ2n) is 10.2. The Morgan fingerprint density at radius 3 is 2.27 bits per heavy atom. The molecule has 6 heteroatoms. The van der Waals surface area contributed by atoms with E-state index in [0.29, 0.717) is 13.1 Å². The van der Waals surface area contributed by atoms with Gasteiger partial charge in [0.15, 0.2) is 11.5 Å². The number of ether oxygens (including phenoxy) is 3. The van der Waals surface area contributed by atoms with Gasteiger partial charge in [0.2, 0.25) is 6.79 Å². The Hall–Kier alpha value is -4.71. The standard InChI is InChI=1S/C35H35N3O3/c1-3-4-21-38-31(34(27-16-18-30(39-2)19-17-27)36-35(38)28-11-7-5-8-12-28)24-37(29-13-9-6-10-14-29)23-26-15-20-32-33(22-26)41-25-40-32/h5-20,22H,3-4,21,23-25H2,1-2H3. The van der Waals surface area contributed by atoms with Crippen LogP contribution in [0.4, 0.5) is 5.69 Å². The summed E-state index contributed by atoms with van der Waals surface area (Å²) in [5.41, 5.74) is 6.68. The lowest BCUT2D eigenvalue weighted by Gasteiger charge is -2.27. The molecule has 0 unspecified atom stereocenters. The first-order valence-corrected chi connectivity index (χ1v) is 14.2. The van der Waals surface area contributed by atoms with Crippen molar-refractivity contribution in [3.63, 3.8) is 0 Å². The topological polar surface area (TPSA) is 48.8 Å². The average Bonchev–Trinajstić information content (AvgIpc) is 3.65. The minimum atomic E-state index is 0.269. The van der Waals surface area contributed by atoms with Gasteiger partial charge in [-0.25, -0.2) is 4.98 Å². The van der Waals surface area contributed by atoms with E-state index >= 15 is 0 Å². The Balaban J connectivity index is 1.47. The van der Waals surface area contributed by atoms with Crippen molar-refractivity contribution >= 4 is 5.69 Å². The quantitative estimate of drug-likeness (QED) is 0.169. The highest BCUT2D eigenvalue weighted by molar-refractivity contribution is 5.69. The van der Waals surface area contributed by atoms with Crippen LogP contribution in [0.1, 0.15) is 31.0 Å². The molecule has 6 nitrogen and oxygen atoms in total. The second kappa shape index (κ2) is 12.2. The van der Waals surface area contributed by atoms with Gasteiger partial charge in [0.05, 0.1) is 25.0 Å². The Morgan fingerprint density at radius 2 is 1.54 bits per heavy atom. The molecule has 41 heavy (non-hydrogen) atoms. The van der Waals surface area contributed by atoms with E-state index in [1.165, 1.54) is 5.69 Å². The van der Waals surface area contributed by atoms with Crippen LogP contribution in [0.25, 0.3) is 22.6 Å². The number of aromatic nitrogens is 2. The maximum Gasteiger partial charge on any atom is 0.231 e. The van der Waals surface area contributed by atoms with Crippen LogP contribution in [0.2, 0.25) is 0 Å². The van der Waals surface area contributed by atoms with Crippen LogP contribution in [0.3, 0.4) is 0 Å². The molecule has 0 aliphatic carbocycles. The first kappa shape index (κ1) is 26.5. The zero-order valence-electron chi connectivity index (χ0n) is 23.6. The lowest BCUT2D eigenvalue weighted by atomic mass is 10.1. The van der Waals surface area contributed by atoms with Crippen LogP contribution in [-0.4, -0.2) is 23.5 Å². The van der Waals surface area contributed by atoms with Crippen molar-refractivity contribution in [3.8, 4) is 39.9 Å². The van der Waals surface area contributed by atoms with Crippen molar-refractivity contribution in [1.29, 1.82) is 0 Å². The van der Waals surface area contributed by atoms with Gasteiger partial charge < -0.3 is 23.7 Å². The van der Waals surface area contributed by atoms with E-state index in [1.54, 1.807) is 7.11 Å². The number of fused-ring (bicyclic) bond motifs is 1. The summed E-state index contributed by atoms with van der Waals surface area (Å²) >= 11 is 0. The molecule has 0 saturated carbocycles. The van der Waals surface area contributed by atoms with Gasteiger partial charge in [-0.15, -0.1) is 0 Å². The Kier molecular flexibility index (Phi) is 7.90. The molecule has 2 heterocycles. The molecule has 0 spiro atoms. The molecule has 0 radical (unpaired) electrons. The van der Waals surface area contributed by atoms with E-state index in [-0.39, 0.29) is 6.79 Å². The molecule has 208 valence electrons. The van der Waals surface area contributed by atoms with Crippen LogP contribution >= 0.6 is 0 Å². The predicted octanol–water partition coefficient (Wildman–Crippen LogP) is 7.96. The fourth-order valence-corrected chi connectivity index (χ4v) is 5.31. The monoisotopic (exact) mass is 545 g/mol. The van der Waals surface area contributed by atoms with Gasteiger partial charge in [0.25, 0.3) is 0 Å². The lowest BCUT2D eigenvalue weighted by molar-refractivity contribution is 0.174. The molecule has 4 aromatic carbocycles. The Labute approximate surface area is 241 Å². The number of imidazole rings is 1. The van der Waals surface area contributed by atoms with Crippen molar-refractivity contribution in [2.24, 2.45) is 0 Å². The number of nitrogens with zero attached hydrogens (tertiary/aromatic N) is 3. The minimum Gasteiger partial charge on any atom is -0.497 e. The van der Waals surface area contributed by atoms with E-state index in [2.05, 4.69) is 101 Å². The highest BCUT2D eigenvalue weighted by Gasteiger charge is 2.23. The first-order valence-electron chi connectivity index (χ1n) is 14.2. The Bertz CT molecular complexity index is 1580. The molecule has 5 aromatic rings. The fraction of sp³-hybridized carbons (Fsp3) is 0.229. The number of para-hydroxylation sites is 1. The molecule has 0 N–H and O–H groups in total. The molecule has 0 fully saturated rings. The van der Waals surface area contributed by atoms with Crippen molar-refractivity contribution in [2.45, 2.75) is 39.4 Å². The SMILES string of the molecule is CCCCn1c(-c2ccccc2)nc(-c2ccc(OC)cc2)c1CN(Cc1ccc2c(c1)OCO2)c1ccccc1. The number of hydrogen-bond donors (Lipinski definition) is 0. The van der Waals surface area contributed by atoms with Crippen molar-refractivity contribution < 1.29 is 14.2 Å². The molecule has 1 aromatic heterocycles. The predicted molar refractivity (Wildman–Crippen MR) is 163 cm³/mol. The summed E-state index contributed by atoms with van der Waals surface area (Å²) in [6.07, 6.45) is 2.17. The smallest absolute Gasteiger partial charge is 0.231 e. The van der Waals surface area contributed by atoms with Crippen LogP contribution in [0.5, 0.6) is 17.2 Å². The summed E-state index contributed by atoms with van der Waals surface area (Å²) in [5.74, 6) is 3.43. The summed E-state index contributed by atoms with van der Waals surface area (Å²) in [6.45, 7) is 4.79. The number of rotatable bonds is 11. The highest BCUT2D eigenvalue weighted by Crippen LogP contribution is 2.35. The number of methoxy groups -OCH3 is 1. The zero-order chi connectivity index (χ0) is 28.0. The van der Waals surface area contributed by atoms with E-state index in [4.69, 9.17) is 19.2 Å². The summed E-state index contributed by atoms with van der Waals surface area (Å²) < 4.78 is 19.1. The van der Waals surface area contributed by atoms with Crippen LogP contribution in [-0.2, 0) is 19.6 Å².